The number of rotatable bonds is 8. The maximum atomic E-state index is 11.3. The first kappa shape index (κ1) is 29.9. The number of aromatic hydroxyl groups is 2. The molecule has 0 spiro atoms. The van der Waals surface area contributed by atoms with Crippen molar-refractivity contribution in [3.05, 3.63) is 95.1 Å². The van der Waals surface area contributed by atoms with Crippen LogP contribution in [0.2, 0.25) is 0 Å². The number of hydrogen-bond donors (Lipinski definition) is 2. The Morgan fingerprint density at radius 2 is 0.848 bits per heavy atom. The SMILES string of the molecule is CN(C)c1ccc([C@@H](c2cc3c(cc2O)OCO3)N2CCN([C@@H](c3ccc(N(C)C)cc3)c3cc4c(cc3O)OCO4)CC2)cc1. The largest absolute Gasteiger partial charge is 0.507 e. The molecule has 0 amide bonds. The topological polar surface area (TPSA) is 90.3 Å². The third-order valence-electron chi connectivity index (χ3n) is 9.16. The summed E-state index contributed by atoms with van der Waals surface area (Å²) in [6.45, 7) is 3.19. The van der Waals surface area contributed by atoms with Crippen LogP contribution in [0.1, 0.15) is 34.3 Å². The summed E-state index contributed by atoms with van der Waals surface area (Å²) < 4.78 is 22.5. The van der Waals surface area contributed by atoms with Gasteiger partial charge in [-0.2, -0.15) is 0 Å². The molecule has 3 heterocycles. The Balaban J connectivity index is 1.22. The highest BCUT2D eigenvalue weighted by atomic mass is 16.7. The highest BCUT2D eigenvalue weighted by Gasteiger charge is 2.35. The van der Waals surface area contributed by atoms with E-state index in [0.29, 0.717) is 23.0 Å². The van der Waals surface area contributed by atoms with Gasteiger partial charge >= 0.3 is 0 Å². The second-order valence-electron chi connectivity index (χ2n) is 12.4. The Kier molecular flexibility index (Phi) is 7.92. The van der Waals surface area contributed by atoms with Gasteiger partial charge in [0, 0.05) is 89.0 Å². The number of fused-ring (bicyclic) bond motifs is 2. The molecule has 3 aliphatic heterocycles. The summed E-state index contributed by atoms with van der Waals surface area (Å²) in [5.74, 6) is 2.75. The average molecular weight is 625 g/mol. The highest BCUT2D eigenvalue weighted by Crippen LogP contribution is 2.46. The van der Waals surface area contributed by atoms with Crippen LogP contribution in [0, 0.1) is 0 Å². The van der Waals surface area contributed by atoms with Crippen molar-refractivity contribution in [3.8, 4) is 34.5 Å². The third kappa shape index (κ3) is 5.59. The molecular weight excluding hydrogens is 584 g/mol. The summed E-state index contributed by atoms with van der Waals surface area (Å²) in [5, 5.41) is 22.5. The van der Waals surface area contributed by atoms with E-state index in [1.54, 1.807) is 12.1 Å². The molecule has 240 valence electrons. The maximum absolute atomic E-state index is 11.3. The van der Waals surface area contributed by atoms with E-state index in [1.807, 2.05) is 40.3 Å². The van der Waals surface area contributed by atoms with Gasteiger partial charge in [0.25, 0.3) is 0 Å². The van der Waals surface area contributed by atoms with Crippen LogP contribution < -0.4 is 28.7 Å². The number of hydrogen-bond acceptors (Lipinski definition) is 10. The quantitative estimate of drug-likeness (QED) is 0.273. The molecule has 0 aliphatic carbocycles. The molecule has 10 nitrogen and oxygen atoms in total. The van der Waals surface area contributed by atoms with Gasteiger partial charge < -0.3 is 39.0 Å². The molecule has 0 bridgehead atoms. The molecule has 4 aromatic rings. The molecule has 46 heavy (non-hydrogen) atoms. The number of benzene rings is 4. The van der Waals surface area contributed by atoms with E-state index < -0.39 is 0 Å². The molecule has 2 N–H and O–H groups in total. The Morgan fingerprint density at radius 3 is 1.17 bits per heavy atom. The van der Waals surface area contributed by atoms with E-state index in [9.17, 15) is 10.2 Å². The first-order valence-corrected chi connectivity index (χ1v) is 15.5. The van der Waals surface area contributed by atoms with Crippen molar-refractivity contribution in [1.82, 2.24) is 9.80 Å². The fourth-order valence-corrected chi connectivity index (χ4v) is 6.67. The maximum Gasteiger partial charge on any atom is 0.231 e. The van der Waals surface area contributed by atoms with Crippen LogP contribution >= 0.6 is 0 Å². The van der Waals surface area contributed by atoms with Gasteiger partial charge in [-0.05, 0) is 47.5 Å². The molecule has 0 unspecified atom stereocenters. The van der Waals surface area contributed by atoms with Crippen molar-refractivity contribution < 1.29 is 29.2 Å². The predicted octanol–water partition coefficient (Wildman–Crippen LogP) is 5.18. The molecule has 1 fully saturated rings. The van der Waals surface area contributed by atoms with Crippen LogP contribution in [0.15, 0.2) is 72.8 Å². The van der Waals surface area contributed by atoms with Crippen molar-refractivity contribution in [2.24, 2.45) is 0 Å². The molecule has 4 aromatic carbocycles. The molecule has 2 atom stereocenters. The molecule has 0 aromatic heterocycles. The second kappa shape index (κ2) is 12.2. The second-order valence-corrected chi connectivity index (χ2v) is 12.4. The lowest BCUT2D eigenvalue weighted by molar-refractivity contribution is 0.0883. The van der Waals surface area contributed by atoms with E-state index in [4.69, 9.17) is 18.9 Å². The zero-order valence-electron chi connectivity index (χ0n) is 26.6. The van der Waals surface area contributed by atoms with Crippen molar-refractivity contribution in [1.29, 1.82) is 0 Å². The Labute approximate surface area is 269 Å². The van der Waals surface area contributed by atoms with E-state index in [0.717, 1.165) is 59.8 Å². The summed E-state index contributed by atoms with van der Waals surface area (Å²) in [6.07, 6.45) is 0. The number of phenols is 2. The van der Waals surface area contributed by atoms with E-state index in [-0.39, 0.29) is 37.2 Å². The van der Waals surface area contributed by atoms with Crippen LogP contribution in [0.5, 0.6) is 34.5 Å². The van der Waals surface area contributed by atoms with Gasteiger partial charge in [-0.25, -0.2) is 0 Å². The molecule has 0 radical (unpaired) electrons. The smallest absolute Gasteiger partial charge is 0.231 e. The first-order chi connectivity index (χ1) is 22.3. The summed E-state index contributed by atoms with van der Waals surface area (Å²) in [5.41, 5.74) is 5.93. The van der Waals surface area contributed by atoms with Crippen molar-refractivity contribution in [3.63, 3.8) is 0 Å². The van der Waals surface area contributed by atoms with E-state index in [2.05, 4.69) is 68.1 Å². The van der Waals surface area contributed by atoms with Crippen LogP contribution in [0.3, 0.4) is 0 Å². The van der Waals surface area contributed by atoms with Crippen LogP contribution in [-0.4, -0.2) is 88.0 Å². The zero-order valence-corrected chi connectivity index (χ0v) is 26.6. The fraction of sp³-hybridized carbons (Fsp3) is 0.333. The molecule has 1 saturated heterocycles. The lowest BCUT2D eigenvalue weighted by Crippen LogP contribution is -2.49. The van der Waals surface area contributed by atoms with Gasteiger partial charge in [-0.1, -0.05) is 24.3 Å². The molecule has 10 heteroatoms. The fourth-order valence-electron chi connectivity index (χ4n) is 6.67. The van der Waals surface area contributed by atoms with Gasteiger partial charge in [-0.15, -0.1) is 0 Å². The van der Waals surface area contributed by atoms with Crippen molar-refractivity contribution >= 4 is 11.4 Å². The Bertz CT molecular complexity index is 1570. The number of phenolic OH excluding ortho intramolecular Hbond substituents is 2. The summed E-state index contributed by atoms with van der Waals surface area (Å²) >= 11 is 0. The minimum atomic E-state index is -0.204. The first-order valence-electron chi connectivity index (χ1n) is 15.5. The molecular formula is C36H40N4O6. The van der Waals surface area contributed by atoms with Crippen LogP contribution in [-0.2, 0) is 0 Å². The number of piperazine rings is 1. The van der Waals surface area contributed by atoms with E-state index >= 15 is 0 Å². The highest BCUT2D eigenvalue weighted by molar-refractivity contribution is 5.57. The average Bonchev–Trinajstić information content (AvgIpc) is 3.71. The summed E-state index contributed by atoms with van der Waals surface area (Å²) in [4.78, 5) is 8.97. The Morgan fingerprint density at radius 1 is 0.522 bits per heavy atom. The van der Waals surface area contributed by atoms with Gasteiger partial charge in [0.05, 0.1) is 12.1 Å². The van der Waals surface area contributed by atoms with Crippen molar-refractivity contribution in [2.45, 2.75) is 12.1 Å². The van der Waals surface area contributed by atoms with Crippen LogP contribution in [0.25, 0.3) is 0 Å². The minimum absolute atomic E-state index is 0.142. The zero-order chi connectivity index (χ0) is 31.9. The molecule has 3 aliphatic rings. The number of nitrogens with zero attached hydrogens (tertiary/aromatic N) is 4. The van der Waals surface area contributed by atoms with Crippen LogP contribution in [0.4, 0.5) is 11.4 Å². The van der Waals surface area contributed by atoms with Gasteiger partial charge in [0.15, 0.2) is 23.0 Å². The summed E-state index contributed by atoms with van der Waals surface area (Å²) in [7, 11) is 8.10. The van der Waals surface area contributed by atoms with Gasteiger partial charge in [0.1, 0.15) is 11.5 Å². The molecule has 7 rings (SSSR count). The van der Waals surface area contributed by atoms with E-state index in [1.165, 1.54) is 0 Å². The predicted molar refractivity (Wildman–Crippen MR) is 177 cm³/mol. The standard InChI is InChI=1S/C36H40N4O6/c1-37(2)25-9-5-23(6-10-25)35(27-17-31-33(19-29(27)41)45-21-43-31)39-13-15-40(16-14-39)36(24-7-11-26(12-8-24)38(3)4)28-18-32-34(20-30(28)42)46-22-44-32/h5-12,17-20,35-36,41-42H,13-16,21-22H2,1-4H3/t35-,36-/m0/s1. The number of anilines is 2. The van der Waals surface area contributed by atoms with Gasteiger partial charge in [-0.3, -0.25) is 9.80 Å². The monoisotopic (exact) mass is 624 g/mol. The summed E-state index contributed by atoms with van der Waals surface area (Å²) in [6, 6.07) is 23.7. The van der Waals surface area contributed by atoms with Crippen molar-refractivity contribution in [2.75, 3.05) is 77.8 Å². The number of ether oxygens (including phenoxy) is 4. The van der Waals surface area contributed by atoms with Gasteiger partial charge in [0.2, 0.25) is 13.6 Å². The lowest BCUT2D eigenvalue weighted by atomic mass is 9.93. The molecule has 0 saturated carbocycles. The Hall–Kier alpha value is -4.80. The normalized spacial score (nSPS) is 17.1. The minimum Gasteiger partial charge on any atom is -0.507 e. The third-order valence-corrected chi connectivity index (χ3v) is 9.16. The lowest BCUT2D eigenvalue weighted by Gasteiger charge is -2.43.